The largest absolute Gasteiger partial charge is 0.393 e. The summed E-state index contributed by atoms with van der Waals surface area (Å²) < 4.78 is 7.01. The molecule has 1 heterocycles. The number of nitrogens with zero attached hydrogens (tertiary/aromatic N) is 1. The van der Waals surface area contributed by atoms with Gasteiger partial charge >= 0.3 is 0 Å². The number of hydrogen-bond donors (Lipinski definition) is 1. The quantitative estimate of drug-likeness (QED) is 0.331. The lowest BCUT2D eigenvalue weighted by Gasteiger charge is -2.40. The minimum atomic E-state index is -0.759. The van der Waals surface area contributed by atoms with Gasteiger partial charge in [-0.05, 0) is 28.7 Å². The summed E-state index contributed by atoms with van der Waals surface area (Å²) in [4.78, 5) is 2.44. The Morgan fingerprint density at radius 1 is 0.686 bits per heavy atom. The average Bonchev–Trinajstić information content (AvgIpc) is 2.93. The zero-order valence-electron chi connectivity index (χ0n) is 20.0. The summed E-state index contributed by atoms with van der Waals surface area (Å²) in [6.45, 7) is 3.06. The first-order valence-corrected chi connectivity index (χ1v) is 12.5. The van der Waals surface area contributed by atoms with E-state index < -0.39 is 5.60 Å². The predicted molar refractivity (Wildman–Crippen MR) is 141 cm³/mol. The smallest absolute Gasteiger partial charge is 0.143 e. The van der Waals surface area contributed by atoms with Crippen LogP contribution in [0.1, 0.15) is 28.7 Å². The molecular weight excluding hydrogens is 430 g/mol. The van der Waals surface area contributed by atoms with Crippen LogP contribution in [-0.2, 0) is 16.9 Å². The molecule has 0 unspecified atom stereocenters. The zero-order chi connectivity index (χ0) is 23.9. The Labute approximate surface area is 208 Å². The first kappa shape index (κ1) is 23.5. The lowest BCUT2D eigenvalue weighted by Crippen LogP contribution is -2.46. The molecule has 3 heteroatoms. The third-order valence-corrected chi connectivity index (χ3v) is 7.08. The van der Waals surface area contributed by atoms with Crippen molar-refractivity contribution in [1.29, 1.82) is 0 Å². The summed E-state index contributed by atoms with van der Waals surface area (Å²) in [5.74, 6) is 0.0305. The van der Waals surface area contributed by atoms with E-state index >= 15 is 0 Å². The lowest BCUT2D eigenvalue weighted by atomic mass is 9.80. The fraction of sp³-hybridized carbons (Fsp3) is 0.250. The van der Waals surface area contributed by atoms with Gasteiger partial charge in [-0.3, -0.25) is 4.90 Å². The van der Waals surface area contributed by atoms with Crippen LogP contribution >= 0.6 is 0 Å². The monoisotopic (exact) mass is 463 g/mol. The van der Waals surface area contributed by atoms with Crippen LogP contribution < -0.4 is 0 Å². The highest BCUT2D eigenvalue weighted by atomic mass is 16.5. The molecule has 0 radical (unpaired) electrons. The molecule has 3 nitrogen and oxygen atoms in total. The van der Waals surface area contributed by atoms with Crippen molar-refractivity contribution in [3.63, 3.8) is 0 Å². The van der Waals surface area contributed by atoms with Gasteiger partial charge in [0, 0.05) is 25.6 Å². The van der Waals surface area contributed by atoms with Gasteiger partial charge in [-0.1, -0.05) is 121 Å². The number of aliphatic hydroxyl groups is 1. The van der Waals surface area contributed by atoms with E-state index in [4.69, 9.17) is 4.74 Å². The van der Waals surface area contributed by atoms with Crippen molar-refractivity contribution in [3.05, 3.63) is 144 Å². The molecule has 4 aromatic rings. The standard InChI is InChI=1S/C32H33NO2/c34-31-21-22-33(23-26-13-5-1-6-14-26)24-27(31)25-35-32(28-15-7-2-8-16-28,29-17-9-3-10-18-29)30-19-11-4-12-20-30/h1-20,27,31,34H,21-25H2/t27-,31-/m0/s1. The SMILES string of the molecule is O[C@H]1CCN(Cc2ccccc2)C[C@H]1COC(c1ccccc1)(c1ccccc1)c1ccccc1. The van der Waals surface area contributed by atoms with Crippen molar-refractivity contribution in [3.8, 4) is 0 Å². The molecule has 5 rings (SSSR count). The van der Waals surface area contributed by atoms with E-state index in [9.17, 15) is 5.11 Å². The van der Waals surface area contributed by atoms with Crippen LogP contribution in [0, 0.1) is 5.92 Å². The molecule has 0 aliphatic carbocycles. The molecule has 1 fully saturated rings. The fourth-order valence-corrected chi connectivity index (χ4v) is 5.24. The highest BCUT2D eigenvalue weighted by Crippen LogP contribution is 2.41. The van der Waals surface area contributed by atoms with E-state index in [1.54, 1.807) is 0 Å². The third kappa shape index (κ3) is 5.23. The van der Waals surface area contributed by atoms with Crippen LogP contribution in [0.3, 0.4) is 0 Å². The van der Waals surface area contributed by atoms with E-state index in [1.165, 1.54) is 5.56 Å². The zero-order valence-corrected chi connectivity index (χ0v) is 20.0. The number of benzene rings is 4. The van der Waals surface area contributed by atoms with Crippen molar-refractivity contribution in [2.24, 2.45) is 5.92 Å². The second kappa shape index (κ2) is 11.0. The van der Waals surface area contributed by atoms with Crippen LogP contribution in [-0.4, -0.2) is 35.8 Å². The first-order valence-electron chi connectivity index (χ1n) is 12.5. The summed E-state index contributed by atoms with van der Waals surface area (Å²) in [6.07, 6.45) is 0.387. The molecule has 1 saturated heterocycles. The maximum Gasteiger partial charge on any atom is 0.143 e. The van der Waals surface area contributed by atoms with Gasteiger partial charge in [0.05, 0.1) is 12.7 Å². The van der Waals surface area contributed by atoms with Crippen molar-refractivity contribution < 1.29 is 9.84 Å². The van der Waals surface area contributed by atoms with Gasteiger partial charge in [0.15, 0.2) is 0 Å². The summed E-state index contributed by atoms with van der Waals surface area (Å²) in [5.41, 5.74) is 3.80. The summed E-state index contributed by atoms with van der Waals surface area (Å²) in [7, 11) is 0. The van der Waals surface area contributed by atoms with Gasteiger partial charge in [0.1, 0.15) is 5.60 Å². The number of likely N-dealkylation sites (tertiary alicyclic amines) is 1. The molecule has 2 atom stereocenters. The van der Waals surface area contributed by atoms with Gasteiger partial charge < -0.3 is 9.84 Å². The number of rotatable bonds is 8. The minimum absolute atomic E-state index is 0.0305. The molecule has 0 aromatic heterocycles. The van der Waals surface area contributed by atoms with Crippen LogP contribution in [0.15, 0.2) is 121 Å². The van der Waals surface area contributed by atoms with Gasteiger partial charge in [-0.25, -0.2) is 0 Å². The normalized spacial score (nSPS) is 18.9. The Balaban J connectivity index is 1.46. The van der Waals surface area contributed by atoms with Crippen LogP contribution in [0.25, 0.3) is 0 Å². The van der Waals surface area contributed by atoms with E-state index in [0.717, 1.165) is 42.7 Å². The molecule has 0 spiro atoms. The van der Waals surface area contributed by atoms with Crippen LogP contribution in [0.2, 0.25) is 0 Å². The second-order valence-electron chi connectivity index (χ2n) is 9.43. The van der Waals surface area contributed by atoms with E-state index in [2.05, 4.69) is 108 Å². The Morgan fingerprint density at radius 3 is 1.63 bits per heavy atom. The van der Waals surface area contributed by atoms with Crippen molar-refractivity contribution in [2.75, 3.05) is 19.7 Å². The highest BCUT2D eigenvalue weighted by molar-refractivity contribution is 5.47. The maximum absolute atomic E-state index is 11.0. The van der Waals surface area contributed by atoms with Gasteiger partial charge in [-0.15, -0.1) is 0 Å². The summed E-state index contributed by atoms with van der Waals surface area (Å²) >= 11 is 0. The Hall–Kier alpha value is -3.24. The Kier molecular flexibility index (Phi) is 7.39. The fourth-order valence-electron chi connectivity index (χ4n) is 5.24. The van der Waals surface area contributed by atoms with Gasteiger partial charge in [-0.2, -0.15) is 0 Å². The molecule has 0 saturated carbocycles. The van der Waals surface area contributed by atoms with E-state index in [-0.39, 0.29) is 12.0 Å². The topological polar surface area (TPSA) is 32.7 Å². The number of piperidine rings is 1. The van der Waals surface area contributed by atoms with Crippen molar-refractivity contribution in [2.45, 2.75) is 24.7 Å². The lowest BCUT2D eigenvalue weighted by molar-refractivity contribution is -0.0642. The first-order chi connectivity index (χ1) is 17.3. The molecule has 0 amide bonds. The molecule has 1 N–H and O–H groups in total. The van der Waals surface area contributed by atoms with E-state index in [1.807, 2.05) is 18.2 Å². The van der Waals surface area contributed by atoms with Crippen molar-refractivity contribution in [1.82, 2.24) is 4.90 Å². The number of hydrogen-bond acceptors (Lipinski definition) is 3. The maximum atomic E-state index is 11.0. The molecule has 1 aliphatic heterocycles. The van der Waals surface area contributed by atoms with E-state index in [0.29, 0.717) is 6.61 Å². The summed E-state index contributed by atoms with van der Waals surface area (Å²) in [5, 5.41) is 11.0. The average molecular weight is 464 g/mol. The molecule has 0 bridgehead atoms. The molecule has 4 aromatic carbocycles. The third-order valence-electron chi connectivity index (χ3n) is 7.08. The molecule has 178 valence electrons. The molecule has 35 heavy (non-hydrogen) atoms. The summed E-state index contributed by atoms with van der Waals surface area (Å²) in [6, 6.07) is 41.9. The molecule has 1 aliphatic rings. The highest BCUT2D eigenvalue weighted by Gasteiger charge is 2.39. The van der Waals surface area contributed by atoms with Crippen molar-refractivity contribution >= 4 is 0 Å². The van der Waals surface area contributed by atoms with Gasteiger partial charge in [0.25, 0.3) is 0 Å². The second-order valence-corrected chi connectivity index (χ2v) is 9.43. The van der Waals surface area contributed by atoms with Gasteiger partial charge in [0.2, 0.25) is 0 Å². The number of aliphatic hydroxyl groups excluding tert-OH is 1. The van der Waals surface area contributed by atoms with Crippen LogP contribution in [0.5, 0.6) is 0 Å². The van der Waals surface area contributed by atoms with Crippen LogP contribution in [0.4, 0.5) is 0 Å². The number of ether oxygens (including phenoxy) is 1. The Morgan fingerprint density at radius 2 is 1.14 bits per heavy atom. The minimum Gasteiger partial charge on any atom is -0.393 e. The predicted octanol–water partition coefficient (Wildman–Crippen LogP) is 5.88. The molecular formula is C32H33NO2. The Bertz CT molecular complexity index is 1070.